The van der Waals surface area contributed by atoms with Gasteiger partial charge in [-0.05, 0) is 31.6 Å². The summed E-state index contributed by atoms with van der Waals surface area (Å²) in [7, 11) is 0. The van der Waals surface area contributed by atoms with Crippen LogP contribution >= 0.6 is 12.4 Å². The molecule has 0 spiro atoms. The van der Waals surface area contributed by atoms with E-state index < -0.39 is 0 Å². The molecule has 0 aromatic carbocycles. The van der Waals surface area contributed by atoms with Gasteiger partial charge < -0.3 is 10.6 Å². The van der Waals surface area contributed by atoms with Crippen LogP contribution in [0.1, 0.15) is 24.2 Å². The molecule has 3 atom stereocenters. The van der Waals surface area contributed by atoms with Gasteiger partial charge in [0.15, 0.2) is 0 Å². The molecule has 2 bridgehead atoms. The molecule has 1 saturated carbocycles. The fraction of sp³-hybridized carbons (Fsp3) is 0.750. The zero-order valence-corrected chi connectivity index (χ0v) is 11.7. The second-order valence-electron chi connectivity index (χ2n) is 5.45. The molecule has 1 aromatic heterocycles. The SMILES string of the molecule is Cc1nonc1CC(=O)N1C[C@H]2CC[C@@H](C1)C2N.Cl. The van der Waals surface area contributed by atoms with E-state index in [9.17, 15) is 4.79 Å². The fourth-order valence-electron chi connectivity index (χ4n) is 3.13. The normalized spacial score (nSPS) is 29.2. The molecule has 1 amide bonds. The highest BCUT2D eigenvalue weighted by molar-refractivity contribution is 5.85. The summed E-state index contributed by atoms with van der Waals surface area (Å²) < 4.78 is 4.61. The number of nitrogens with two attached hydrogens (primary N) is 1. The number of fused-ring (bicyclic) bond motifs is 2. The van der Waals surface area contributed by atoms with Gasteiger partial charge in [-0.15, -0.1) is 12.4 Å². The third-order valence-corrected chi connectivity index (χ3v) is 4.32. The van der Waals surface area contributed by atoms with Crippen molar-refractivity contribution < 1.29 is 9.42 Å². The maximum atomic E-state index is 12.2. The zero-order chi connectivity index (χ0) is 12.7. The minimum absolute atomic E-state index is 0. The number of aryl methyl sites for hydroxylation is 1. The second-order valence-corrected chi connectivity index (χ2v) is 5.45. The van der Waals surface area contributed by atoms with Gasteiger partial charge in [0.2, 0.25) is 5.91 Å². The molecular formula is C12H19ClN4O2. The van der Waals surface area contributed by atoms with E-state index in [0.717, 1.165) is 25.9 Å². The number of halogens is 1. The average molecular weight is 287 g/mol. The Kier molecular flexibility index (Phi) is 4.10. The number of hydrogen-bond donors (Lipinski definition) is 1. The summed E-state index contributed by atoms with van der Waals surface area (Å²) in [6, 6.07) is 0.282. The molecule has 1 aliphatic carbocycles. The Bertz CT molecular complexity index is 450. The molecule has 1 aromatic rings. The quantitative estimate of drug-likeness (QED) is 0.857. The Morgan fingerprint density at radius 3 is 2.53 bits per heavy atom. The highest BCUT2D eigenvalue weighted by Gasteiger charge is 2.41. The van der Waals surface area contributed by atoms with Crippen molar-refractivity contribution in [1.82, 2.24) is 15.2 Å². The standard InChI is InChI=1S/C12H18N4O2.ClH/c1-7-10(15-18-14-7)4-11(17)16-5-8-2-3-9(6-16)12(8)13;/h8-9,12H,2-6,13H2,1H3;1H/t8-,9+,12?;. The minimum atomic E-state index is 0. The van der Waals surface area contributed by atoms with Crippen LogP contribution in [0.15, 0.2) is 4.63 Å². The lowest BCUT2D eigenvalue weighted by Gasteiger charge is -2.36. The molecule has 0 radical (unpaired) electrons. The summed E-state index contributed by atoms with van der Waals surface area (Å²) >= 11 is 0. The topological polar surface area (TPSA) is 85.2 Å². The Balaban J connectivity index is 0.00000133. The Morgan fingerprint density at radius 2 is 2.00 bits per heavy atom. The zero-order valence-electron chi connectivity index (χ0n) is 10.9. The number of likely N-dealkylation sites (tertiary alicyclic amines) is 1. The first-order valence-corrected chi connectivity index (χ1v) is 6.46. The van der Waals surface area contributed by atoms with Crippen LogP contribution in [0.25, 0.3) is 0 Å². The molecular weight excluding hydrogens is 268 g/mol. The van der Waals surface area contributed by atoms with Crippen molar-refractivity contribution in [2.75, 3.05) is 13.1 Å². The molecule has 106 valence electrons. The van der Waals surface area contributed by atoms with E-state index in [0.29, 0.717) is 23.2 Å². The number of nitrogens with zero attached hydrogens (tertiary/aromatic N) is 3. The average Bonchev–Trinajstić information content (AvgIpc) is 2.80. The van der Waals surface area contributed by atoms with Crippen LogP contribution in [0.5, 0.6) is 0 Å². The van der Waals surface area contributed by atoms with Crippen LogP contribution in [0, 0.1) is 18.8 Å². The summed E-state index contributed by atoms with van der Waals surface area (Å²) in [6.45, 7) is 3.39. The second kappa shape index (κ2) is 5.46. The maximum Gasteiger partial charge on any atom is 0.228 e. The summed E-state index contributed by atoms with van der Waals surface area (Å²) in [4.78, 5) is 14.1. The molecule has 2 fully saturated rings. The Morgan fingerprint density at radius 1 is 1.37 bits per heavy atom. The maximum absolute atomic E-state index is 12.2. The molecule has 2 aliphatic rings. The Labute approximate surface area is 118 Å². The van der Waals surface area contributed by atoms with Crippen LogP contribution in [0.3, 0.4) is 0 Å². The van der Waals surface area contributed by atoms with Gasteiger partial charge in [0.25, 0.3) is 0 Å². The minimum Gasteiger partial charge on any atom is -0.342 e. The van der Waals surface area contributed by atoms with Crippen LogP contribution in [-0.4, -0.2) is 40.3 Å². The lowest BCUT2D eigenvalue weighted by Crippen LogP contribution is -2.51. The van der Waals surface area contributed by atoms with Crippen molar-refractivity contribution in [2.45, 2.75) is 32.2 Å². The van der Waals surface area contributed by atoms with E-state index in [4.69, 9.17) is 5.73 Å². The first-order valence-electron chi connectivity index (χ1n) is 6.46. The van der Waals surface area contributed by atoms with E-state index >= 15 is 0 Å². The fourth-order valence-corrected chi connectivity index (χ4v) is 3.13. The largest absolute Gasteiger partial charge is 0.342 e. The van der Waals surface area contributed by atoms with E-state index in [2.05, 4.69) is 14.9 Å². The van der Waals surface area contributed by atoms with E-state index in [-0.39, 0.29) is 30.8 Å². The molecule has 2 N–H and O–H groups in total. The van der Waals surface area contributed by atoms with E-state index in [1.165, 1.54) is 0 Å². The predicted octanol–water partition coefficient (Wildman–Crippen LogP) is 0.538. The van der Waals surface area contributed by atoms with E-state index in [1.54, 1.807) is 6.92 Å². The van der Waals surface area contributed by atoms with Crippen molar-refractivity contribution in [2.24, 2.45) is 17.6 Å². The van der Waals surface area contributed by atoms with Gasteiger partial charge in [0.05, 0.1) is 6.42 Å². The van der Waals surface area contributed by atoms with Crippen molar-refractivity contribution in [1.29, 1.82) is 0 Å². The number of carbonyl (C=O) groups excluding carboxylic acids is 1. The van der Waals surface area contributed by atoms with Gasteiger partial charge in [0.1, 0.15) is 11.4 Å². The third-order valence-electron chi connectivity index (χ3n) is 4.32. The highest BCUT2D eigenvalue weighted by Crippen LogP contribution is 2.35. The molecule has 1 aliphatic heterocycles. The first kappa shape index (κ1) is 14.3. The van der Waals surface area contributed by atoms with Gasteiger partial charge in [-0.3, -0.25) is 4.79 Å². The molecule has 19 heavy (non-hydrogen) atoms. The molecule has 6 nitrogen and oxygen atoms in total. The van der Waals surface area contributed by atoms with Gasteiger partial charge in [0, 0.05) is 19.1 Å². The summed E-state index contributed by atoms with van der Waals surface area (Å²) in [5.74, 6) is 1.06. The lowest BCUT2D eigenvalue weighted by molar-refractivity contribution is -0.132. The van der Waals surface area contributed by atoms with Gasteiger partial charge >= 0.3 is 0 Å². The highest BCUT2D eigenvalue weighted by atomic mass is 35.5. The van der Waals surface area contributed by atoms with Crippen molar-refractivity contribution in [3.8, 4) is 0 Å². The number of carbonyl (C=O) groups is 1. The third kappa shape index (κ3) is 2.60. The number of piperidine rings is 1. The van der Waals surface area contributed by atoms with Crippen molar-refractivity contribution >= 4 is 18.3 Å². The van der Waals surface area contributed by atoms with Crippen LogP contribution < -0.4 is 5.73 Å². The number of aromatic nitrogens is 2. The van der Waals surface area contributed by atoms with Gasteiger partial charge in [-0.2, -0.15) is 0 Å². The molecule has 2 heterocycles. The number of hydrogen-bond acceptors (Lipinski definition) is 5. The summed E-state index contributed by atoms with van der Waals surface area (Å²) in [5.41, 5.74) is 7.47. The summed E-state index contributed by atoms with van der Waals surface area (Å²) in [5, 5.41) is 7.45. The van der Waals surface area contributed by atoms with Crippen molar-refractivity contribution in [3.05, 3.63) is 11.4 Å². The molecule has 3 rings (SSSR count). The molecule has 1 saturated heterocycles. The van der Waals surface area contributed by atoms with Crippen molar-refractivity contribution in [3.63, 3.8) is 0 Å². The van der Waals surface area contributed by atoms with E-state index in [1.807, 2.05) is 4.90 Å². The number of amides is 1. The van der Waals surface area contributed by atoms with Gasteiger partial charge in [-0.1, -0.05) is 10.3 Å². The van der Waals surface area contributed by atoms with Gasteiger partial charge in [-0.25, -0.2) is 4.63 Å². The molecule has 1 unspecified atom stereocenters. The van der Waals surface area contributed by atoms with Crippen LogP contribution in [0.2, 0.25) is 0 Å². The Hall–Kier alpha value is -1.14. The predicted molar refractivity (Wildman–Crippen MR) is 70.8 cm³/mol. The smallest absolute Gasteiger partial charge is 0.228 e. The molecule has 7 heteroatoms. The number of rotatable bonds is 2. The van der Waals surface area contributed by atoms with Crippen LogP contribution in [-0.2, 0) is 11.2 Å². The lowest BCUT2D eigenvalue weighted by atomic mass is 9.93. The monoisotopic (exact) mass is 286 g/mol. The summed E-state index contributed by atoms with van der Waals surface area (Å²) in [6.07, 6.45) is 2.59. The first-order chi connectivity index (χ1) is 8.65. The van der Waals surface area contributed by atoms with Crippen LogP contribution in [0.4, 0.5) is 0 Å².